The van der Waals surface area contributed by atoms with Crippen molar-refractivity contribution in [3.63, 3.8) is 0 Å². The number of anilines is 1. The molecule has 3 rings (SSSR count). The number of likely N-dealkylation sites (tertiary alicyclic amines) is 1. The molecule has 1 saturated heterocycles. The van der Waals surface area contributed by atoms with Crippen LogP contribution in [0.4, 0.5) is 11.4 Å². The molecule has 0 bridgehead atoms. The summed E-state index contributed by atoms with van der Waals surface area (Å²) in [7, 11) is -3.65. The van der Waals surface area contributed by atoms with E-state index in [0.29, 0.717) is 5.69 Å². The van der Waals surface area contributed by atoms with Crippen LogP contribution in [0.2, 0.25) is 0 Å². The van der Waals surface area contributed by atoms with E-state index in [1.165, 1.54) is 31.7 Å². The molecule has 1 aliphatic carbocycles. The van der Waals surface area contributed by atoms with E-state index < -0.39 is 14.8 Å². The Morgan fingerprint density at radius 3 is 2.64 bits per heavy atom. The van der Waals surface area contributed by atoms with Crippen molar-refractivity contribution in [1.82, 2.24) is 4.90 Å². The average Bonchev–Trinajstić information content (AvgIpc) is 3.18. The third-order valence-electron chi connectivity index (χ3n) is 5.20. The topological polar surface area (TPSA) is 92.6 Å². The molecule has 1 saturated carbocycles. The summed E-state index contributed by atoms with van der Waals surface area (Å²) in [6, 6.07) is 4.54. The summed E-state index contributed by atoms with van der Waals surface area (Å²) in [5.74, 6) is 0.779. The lowest BCUT2D eigenvalue weighted by atomic mass is 10.1. The van der Waals surface area contributed by atoms with Crippen LogP contribution < -0.4 is 5.32 Å². The number of para-hydroxylation sites is 1. The molecule has 0 amide bonds. The Labute approximate surface area is 148 Å². The Balaban J connectivity index is 1.72. The highest BCUT2D eigenvalue weighted by Gasteiger charge is 2.30. The molecule has 25 heavy (non-hydrogen) atoms. The van der Waals surface area contributed by atoms with Gasteiger partial charge in [-0.15, -0.1) is 0 Å². The van der Waals surface area contributed by atoms with Crippen LogP contribution in [0, 0.1) is 16.0 Å². The van der Waals surface area contributed by atoms with E-state index in [9.17, 15) is 18.5 Å². The first-order chi connectivity index (χ1) is 11.8. The molecule has 138 valence electrons. The summed E-state index contributed by atoms with van der Waals surface area (Å²) in [5.41, 5.74) is -0.0557. The minimum Gasteiger partial charge on any atom is -0.375 e. The van der Waals surface area contributed by atoms with Gasteiger partial charge in [-0.3, -0.25) is 10.1 Å². The molecular formula is C17H25N3O4S. The Hall–Kier alpha value is -1.67. The normalized spacial score (nSPS) is 22.4. The van der Waals surface area contributed by atoms with Gasteiger partial charge in [-0.1, -0.05) is 18.9 Å². The molecule has 1 aliphatic heterocycles. The molecule has 1 atom stereocenters. The largest absolute Gasteiger partial charge is 0.375 e. The van der Waals surface area contributed by atoms with E-state index in [0.717, 1.165) is 38.2 Å². The molecule has 1 heterocycles. The molecule has 2 aliphatic rings. The van der Waals surface area contributed by atoms with Crippen LogP contribution >= 0.6 is 0 Å². The van der Waals surface area contributed by atoms with Crippen molar-refractivity contribution in [3.8, 4) is 0 Å². The van der Waals surface area contributed by atoms with Gasteiger partial charge < -0.3 is 10.2 Å². The van der Waals surface area contributed by atoms with E-state index >= 15 is 0 Å². The van der Waals surface area contributed by atoms with Crippen LogP contribution in [-0.4, -0.2) is 50.2 Å². The van der Waals surface area contributed by atoms with Gasteiger partial charge in [-0.2, -0.15) is 0 Å². The smallest absolute Gasteiger partial charge is 0.310 e. The Kier molecular flexibility index (Phi) is 5.29. The number of nitro groups is 1. The predicted octanol–water partition coefficient (Wildman–Crippen LogP) is 2.67. The van der Waals surface area contributed by atoms with E-state index in [1.807, 2.05) is 0 Å². The number of benzene rings is 1. The fourth-order valence-electron chi connectivity index (χ4n) is 4.02. The molecule has 8 heteroatoms. The van der Waals surface area contributed by atoms with E-state index in [2.05, 4.69) is 10.2 Å². The lowest BCUT2D eigenvalue weighted by molar-refractivity contribution is -0.386. The molecule has 0 spiro atoms. The number of sulfone groups is 1. The van der Waals surface area contributed by atoms with E-state index in [-0.39, 0.29) is 16.6 Å². The highest BCUT2D eigenvalue weighted by atomic mass is 32.2. The summed E-state index contributed by atoms with van der Waals surface area (Å²) < 4.78 is 23.7. The quantitative estimate of drug-likeness (QED) is 0.614. The van der Waals surface area contributed by atoms with Crippen LogP contribution in [0.5, 0.6) is 0 Å². The lowest BCUT2D eigenvalue weighted by Crippen LogP contribution is -2.30. The van der Waals surface area contributed by atoms with Crippen molar-refractivity contribution in [2.24, 2.45) is 5.92 Å². The lowest BCUT2D eigenvalue weighted by Gasteiger charge is -2.20. The summed E-state index contributed by atoms with van der Waals surface area (Å²) in [4.78, 5) is 13.0. The molecule has 7 nitrogen and oxygen atoms in total. The van der Waals surface area contributed by atoms with Gasteiger partial charge in [-0.25, -0.2) is 8.42 Å². The zero-order valence-electron chi connectivity index (χ0n) is 14.5. The van der Waals surface area contributed by atoms with Gasteiger partial charge in [0, 0.05) is 31.9 Å². The second-order valence-electron chi connectivity index (χ2n) is 7.22. The van der Waals surface area contributed by atoms with Gasteiger partial charge in [-0.05, 0) is 37.3 Å². The van der Waals surface area contributed by atoms with Crippen LogP contribution in [-0.2, 0) is 9.84 Å². The highest BCUT2D eigenvalue weighted by Crippen LogP contribution is 2.33. The average molecular weight is 367 g/mol. The predicted molar refractivity (Wildman–Crippen MR) is 96.6 cm³/mol. The number of rotatable bonds is 6. The molecule has 0 radical (unpaired) electrons. The second-order valence-corrected chi connectivity index (χ2v) is 9.21. The number of nitro benzene ring substituents is 1. The standard InChI is InChI=1S/C17H25N3O4S/c1-25(23,24)16-8-4-7-15(17(16)20(21)22)18-14-9-10-19(12-14)11-13-5-2-3-6-13/h4,7-8,13-14,18H,2-3,5-6,9-12H2,1H3. The van der Waals surface area contributed by atoms with Crippen molar-refractivity contribution < 1.29 is 13.3 Å². The summed E-state index contributed by atoms with van der Waals surface area (Å²) >= 11 is 0. The van der Waals surface area contributed by atoms with Gasteiger partial charge >= 0.3 is 5.69 Å². The van der Waals surface area contributed by atoms with E-state index in [1.54, 1.807) is 12.1 Å². The van der Waals surface area contributed by atoms with Crippen LogP contribution in [0.3, 0.4) is 0 Å². The second kappa shape index (κ2) is 7.29. The Bertz CT molecular complexity index is 744. The fourth-order valence-corrected chi connectivity index (χ4v) is 4.88. The molecule has 1 N–H and O–H groups in total. The maximum Gasteiger partial charge on any atom is 0.310 e. The number of hydrogen-bond donors (Lipinski definition) is 1. The van der Waals surface area contributed by atoms with Crippen molar-refractivity contribution in [2.75, 3.05) is 31.2 Å². The monoisotopic (exact) mass is 367 g/mol. The SMILES string of the molecule is CS(=O)(=O)c1cccc(NC2CCN(CC3CCCC3)C2)c1[N+](=O)[O-]. The molecule has 2 fully saturated rings. The fraction of sp³-hybridized carbons (Fsp3) is 0.647. The summed E-state index contributed by atoms with van der Waals surface area (Å²) in [6.07, 6.45) is 7.16. The van der Waals surface area contributed by atoms with E-state index in [4.69, 9.17) is 0 Å². The van der Waals surface area contributed by atoms with Gasteiger partial charge in [0.2, 0.25) is 0 Å². The van der Waals surface area contributed by atoms with Crippen molar-refractivity contribution >= 4 is 21.2 Å². The summed E-state index contributed by atoms with van der Waals surface area (Å²) in [6.45, 7) is 2.92. The van der Waals surface area contributed by atoms with Crippen molar-refractivity contribution in [3.05, 3.63) is 28.3 Å². The van der Waals surface area contributed by atoms with Gasteiger partial charge in [0.1, 0.15) is 10.6 Å². The third-order valence-corrected chi connectivity index (χ3v) is 6.33. The van der Waals surface area contributed by atoms with Crippen LogP contribution in [0.1, 0.15) is 32.1 Å². The first-order valence-electron chi connectivity index (χ1n) is 8.81. The minimum atomic E-state index is -3.65. The highest BCUT2D eigenvalue weighted by molar-refractivity contribution is 7.90. The first kappa shape index (κ1) is 18.1. The molecule has 1 aromatic carbocycles. The zero-order chi connectivity index (χ0) is 18.0. The minimum absolute atomic E-state index is 0.106. The zero-order valence-corrected chi connectivity index (χ0v) is 15.3. The number of nitrogens with zero attached hydrogens (tertiary/aromatic N) is 2. The number of hydrogen-bond acceptors (Lipinski definition) is 6. The molecule has 1 unspecified atom stereocenters. The Morgan fingerprint density at radius 1 is 1.28 bits per heavy atom. The van der Waals surface area contributed by atoms with Gasteiger partial charge in [0.25, 0.3) is 0 Å². The molecule has 1 aromatic rings. The van der Waals surface area contributed by atoms with Gasteiger partial charge in [0.15, 0.2) is 9.84 Å². The number of nitrogens with one attached hydrogen (secondary N) is 1. The molecule has 0 aromatic heterocycles. The Morgan fingerprint density at radius 2 is 2.00 bits per heavy atom. The molecular weight excluding hydrogens is 342 g/mol. The summed E-state index contributed by atoms with van der Waals surface area (Å²) in [5, 5.41) is 14.7. The maximum absolute atomic E-state index is 11.9. The van der Waals surface area contributed by atoms with Crippen LogP contribution in [0.25, 0.3) is 0 Å². The first-order valence-corrected chi connectivity index (χ1v) is 10.7. The third kappa shape index (κ3) is 4.30. The van der Waals surface area contributed by atoms with Crippen molar-refractivity contribution in [1.29, 1.82) is 0 Å². The van der Waals surface area contributed by atoms with Crippen LogP contribution in [0.15, 0.2) is 23.1 Å². The van der Waals surface area contributed by atoms with Crippen molar-refractivity contribution in [2.45, 2.75) is 43.0 Å². The van der Waals surface area contributed by atoms with Gasteiger partial charge in [0.05, 0.1) is 4.92 Å². The maximum atomic E-state index is 11.9.